The highest BCUT2D eigenvalue weighted by molar-refractivity contribution is 9.10. The summed E-state index contributed by atoms with van der Waals surface area (Å²) in [6, 6.07) is 4.30. The van der Waals surface area contributed by atoms with Gasteiger partial charge in [-0.15, -0.1) is 0 Å². The van der Waals surface area contributed by atoms with E-state index in [9.17, 15) is 9.18 Å². The second-order valence-electron chi connectivity index (χ2n) is 4.19. The summed E-state index contributed by atoms with van der Waals surface area (Å²) in [5, 5.41) is 0. The summed E-state index contributed by atoms with van der Waals surface area (Å²) in [4.78, 5) is 11.9. The maximum atomic E-state index is 13.5. The molecule has 2 unspecified atom stereocenters. The summed E-state index contributed by atoms with van der Waals surface area (Å²) in [7, 11) is 0. The van der Waals surface area contributed by atoms with Crippen molar-refractivity contribution in [2.24, 2.45) is 11.7 Å². The largest absolute Gasteiger partial charge is 0.379 e. The van der Waals surface area contributed by atoms with Gasteiger partial charge in [0, 0.05) is 16.9 Å². The molecule has 1 aromatic rings. The van der Waals surface area contributed by atoms with E-state index in [1.807, 2.05) is 0 Å². The molecule has 0 aromatic heterocycles. The van der Waals surface area contributed by atoms with Crippen molar-refractivity contribution in [2.45, 2.75) is 12.5 Å². The van der Waals surface area contributed by atoms with Crippen LogP contribution in [-0.2, 0) is 16.0 Å². The monoisotopic (exact) mass is 301 g/mol. The highest BCUT2D eigenvalue weighted by Gasteiger charge is 2.31. The van der Waals surface area contributed by atoms with Gasteiger partial charge in [0.25, 0.3) is 0 Å². The fourth-order valence-corrected chi connectivity index (χ4v) is 2.31. The summed E-state index contributed by atoms with van der Waals surface area (Å²) in [5.41, 5.74) is 6.14. The van der Waals surface area contributed by atoms with E-state index in [1.165, 1.54) is 6.07 Å². The number of Topliss-reactive ketones (excluding diaryl/α,β-unsaturated/α-hetero) is 1. The number of rotatable bonds is 3. The normalized spacial score (nSPS) is 23.9. The van der Waals surface area contributed by atoms with Crippen molar-refractivity contribution in [2.75, 3.05) is 13.2 Å². The predicted molar refractivity (Wildman–Crippen MR) is 65.1 cm³/mol. The van der Waals surface area contributed by atoms with Gasteiger partial charge in [-0.3, -0.25) is 4.79 Å². The minimum Gasteiger partial charge on any atom is -0.379 e. The summed E-state index contributed by atoms with van der Waals surface area (Å²) in [6.07, 6.45) is 0.0625. The van der Waals surface area contributed by atoms with Crippen LogP contribution in [0.1, 0.15) is 5.56 Å². The lowest BCUT2D eigenvalue weighted by atomic mass is 9.94. The zero-order chi connectivity index (χ0) is 12.4. The Hall–Kier alpha value is -0.780. The molecule has 17 heavy (non-hydrogen) atoms. The molecule has 0 bridgehead atoms. The first kappa shape index (κ1) is 12.7. The van der Waals surface area contributed by atoms with Gasteiger partial charge in [-0.1, -0.05) is 15.9 Å². The van der Waals surface area contributed by atoms with Crippen molar-refractivity contribution in [3.8, 4) is 0 Å². The van der Waals surface area contributed by atoms with Gasteiger partial charge < -0.3 is 10.5 Å². The van der Waals surface area contributed by atoms with Crippen molar-refractivity contribution >= 4 is 21.7 Å². The molecule has 1 aliphatic heterocycles. The molecule has 1 fully saturated rings. The van der Waals surface area contributed by atoms with Crippen LogP contribution in [0, 0.1) is 11.7 Å². The number of benzene rings is 1. The van der Waals surface area contributed by atoms with Crippen LogP contribution in [0.5, 0.6) is 0 Å². The van der Waals surface area contributed by atoms with Gasteiger partial charge in [0.2, 0.25) is 0 Å². The summed E-state index contributed by atoms with van der Waals surface area (Å²) in [5.74, 6) is -0.741. The number of hydrogen-bond acceptors (Lipinski definition) is 3. The van der Waals surface area contributed by atoms with Crippen LogP contribution in [0.25, 0.3) is 0 Å². The Morgan fingerprint density at radius 2 is 2.29 bits per heavy atom. The van der Waals surface area contributed by atoms with Crippen molar-refractivity contribution < 1.29 is 13.9 Å². The fraction of sp³-hybridized carbons (Fsp3) is 0.417. The molecule has 2 rings (SSSR count). The molecular formula is C12H13BrFNO2. The molecule has 3 nitrogen and oxygen atoms in total. The molecule has 0 saturated carbocycles. The smallest absolute Gasteiger partial charge is 0.144 e. The van der Waals surface area contributed by atoms with E-state index in [0.29, 0.717) is 18.8 Å². The first-order valence-electron chi connectivity index (χ1n) is 5.38. The van der Waals surface area contributed by atoms with E-state index in [1.54, 1.807) is 12.1 Å². The Bertz CT molecular complexity index is 439. The zero-order valence-corrected chi connectivity index (χ0v) is 10.7. The first-order valence-corrected chi connectivity index (χ1v) is 6.17. The van der Waals surface area contributed by atoms with E-state index in [-0.39, 0.29) is 30.0 Å². The Kier molecular flexibility index (Phi) is 3.91. The lowest BCUT2D eigenvalue weighted by Crippen LogP contribution is -2.35. The molecular weight excluding hydrogens is 289 g/mol. The molecule has 0 spiro atoms. The van der Waals surface area contributed by atoms with Crippen molar-refractivity contribution in [3.63, 3.8) is 0 Å². The van der Waals surface area contributed by atoms with Gasteiger partial charge in [0.15, 0.2) is 0 Å². The van der Waals surface area contributed by atoms with Gasteiger partial charge in [-0.2, -0.15) is 0 Å². The third-order valence-electron chi connectivity index (χ3n) is 2.91. The predicted octanol–water partition coefficient (Wildman–Crippen LogP) is 1.67. The molecule has 1 aliphatic rings. The van der Waals surface area contributed by atoms with E-state index in [4.69, 9.17) is 10.5 Å². The van der Waals surface area contributed by atoms with E-state index in [0.717, 1.165) is 4.47 Å². The second-order valence-corrected chi connectivity index (χ2v) is 5.10. The Labute approximate surface area is 107 Å². The second kappa shape index (κ2) is 5.25. The quantitative estimate of drug-likeness (QED) is 0.924. The number of halogens is 2. The Morgan fingerprint density at radius 3 is 2.94 bits per heavy atom. The number of hydrogen-bond donors (Lipinski definition) is 1. The fourth-order valence-electron chi connectivity index (χ4n) is 1.90. The maximum Gasteiger partial charge on any atom is 0.144 e. The summed E-state index contributed by atoms with van der Waals surface area (Å²) in [6.45, 7) is 0.743. The molecule has 0 aliphatic carbocycles. The molecule has 1 saturated heterocycles. The average molecular weight is 302 g/mol. The van der Waals surface area contributed by atoms with Crippen molar-refractivity contribution in [1.29, 1.82) is 0 Å². The molecule has 1 aromatic carbocycles. The first-order chi connectivity index (χ1) is 8.08. The minimum absolute atomic E-state index is 0.0625. The lowest BCUT2D eigenvalue weighted by Gasteiger charge is -2.12. The third kappa shape index (κ3) is 2.91. The molecule has 2 atom stereocenters. The van der Waals surface area contributed by atoms with E-state index < -0.39 is 0 Å². The third-order valence-corrected chi connectivity index (χ3v) is 3.40. The summed E-state index contributed by atoms with van der Waals surface area (Å²) >= 11 is 3.25. The standard InChI is InChI=1S/C12H13BrFNO2/c13-8-1-2-10(14)7(3-8)4-12(16)9-5-17-6-11(9)15/h1-3,9,11H,4-6,15H2. The molecule has 0 radical (unpaired) electrons. The number of nitrogens with two attached hydrogens (primary N) is 1. The van der Waals surface area contributed by atoms with Crippen LogP contribution in [0.3, 0.4) is 0 Å². The van der Waals surface area contributed by atoms with Gasteiger partial charge in [0.1, 0.15) is 11.6 Å². The highest BCUT2D eigenvalue weighted by Crippen LogP contribution is 2.20. The molecule has 1 heterocycles. The molecule has 92 valence electrons. The van der Waals surface area contributed by atoms with Crippen molar-refractivity contribution in [1.82, 2.24) is 0 Å². The Morgan fingerprint density at radius 1 is 1.53 bits per heavy atom. The van der Waals surface area contributed by atoms with Crippen molar-refractivity contribution in [3.05, 3.63) is 34.1 Å². The van der Waals surface area contributed by atoms with Gasteiger partial charge in [0.05, 0.1) is 19.1 Å². The van der Waals surface area contributed by atoms with Crippen LogP contribution < -0.4 is 5.73 Å². The number of carbonyl (C=O) groups excluding carboxylic acids is 1. The number of ether oxygens (including phenoxy) is 1. The average Bonchev–Trinajstić information content (AvgIpc) is 2.70. The molecule has 5 heteroatoms. The van der Waals surface area contributed by atoms with E-state index in [2.05, 4.69) is 15.9 Å². The zero-order valence-electron chi connectivity index (χ0n) is 9.16. The van der Waals surface area contributed by atoms with Crippen LogP contribution in [0.2, 0.25) is 0 Å². The Balaban J connectivity index is 2.10. The topological polar surface area (TPSA) is 52.3 Å². The van der Waals surface area contributed by atoms with Crippen LogP contribution in [-0.4, -0.2) is 25.0 Å². The van der Waals surface area contributed by atoms with Crippen LogP contribution in [0.15, 0.2) is 22.7 Å². The maximum absolute atomic E-state index is 13.5. The van der Waals surface area contributed by atoms with E-state index >= 15 is 0 Å². The molecule has 2 N–H and O–H groups in total. The molecule has 0 amide bonds. The summed E-state index contributed by atoms with van der Waals surface area (Å²) < 4.78 is 19.4. The highest BCUT2D eigenvalue weighted by atomic mass is 79.9. The van der Waals surface area contributed by atoms with Crippen LogP contribution >= 0.6 is 15.9 Å². The lowest BCUT2D eigenvalue weighted by molar-refractivity contribution is -0.122. The van der Waals surface area contributed by atoms with Gasteiger partial charge in [-0.25, -0.2) is 4.39 Å². The minimum atomic E-state index is -0.367. The SMILES string of the molecule is NC1COCC1C(=O)Cc1cc(Br)ccc1F. The number of ketones is 1. The van der Waals surface area contributed by atoms with Gasteiger partial charge in [-0.05, 0) is 23.8 Å². The number of carbonyl (C=O) groups is 1. The van der Waals surface area contributed by atoms with Gasteiger partial charge >= 0.3 is 0 Å². The van der Waals surface area contributed by atoms with Crippen LogP contribution in [0.4, 0.5) is 4.39 Å².